The molecule has 8 heteroatoms. The van der Waals surface area contributed by atoms with Crippen molar-refractivity contribution in [2.75, 3.05) is 37.7 Å². The molecule has 1 atom stereocenters. The number of nitrogens with zero attached hydrogens (tertiary/aromatic N) is 4. The molecule has 34 heavy (non-hydrogen) atoms. The number of carbonyl (C=O) groups is 2. The van der Waals surface area contributed by atoms with Crippen LogP contribution in [0.4, 0.5) is 10.5 Å². The number of hydrogen-bond acceptors (Lipinski definition) is 4. The van der Waals surface area contributed by atoms with E-state index in [9.17, 15) is 9.59 Å². The van der Waals surface area contributed by atoms with Crippen molar-refractivity contribution in [3.05, 3.63) is 47.0 Å². The van der Waals surface area contributed by atoms with Crippen LogP contribution in [-0.4, -0.2) is 59.2 Å². The molecule has 0 saturated carbocycles. The predicted octanol–water partition coefficient (Wildman–Crippen LogP) is 3.09. The molecule has 0 bridgehead atoms. The molecule has 2 aromatic rings. The molecule has 2 fully saturated rings. The molecule has 1 N–H and O–H groups in total. The second-order valence-corrected chi connectivity index (χ2v) is 10.1. The van der Waals surface area contributed by atoms with Crippen LogP contribution in [0.1, 0.15) is 55.4 Å². The lowest BCUT2D eigenvalue weighted by atomic mass is 10.0. The van der Waals surface area contributed by atoms with Crippen LogP contribution >= 0.6 is 0 Å². The van der Waals surface area contributed by atoms with E-state index in [-0.39, 0.29) is 11.9 Å². The van der Waals surface area contributed by atoms with Crippen LogP contribution in [-0.2, 0) is 35.5 Å². The minimum Gasteiger partial charge on any atom is -0.381 e. The molecular formula is C26H35N5O3. The van der Waals surface area contributed by atoms with Gasteiger partial charge in [0.05, 0.1) is 31.0 Å². The highest BCUT2D eigenvalue weighted by atomic mass is 16.5. The second kappa shape index (κ2) is 9.78. The summed E-state index contributed by atoms with van der Waals surface area (Å²) in [6, 6.07) is 7.71. The minimum absolute atomic E-state index is 0.0643. The van der Waals surface area contributed by atoms with Crippen LogP contribution in [0.15, 0.2) is 24.3 Å². The number of aryl methyl sites for hydroxylation is 1. The van der Waals surface area contributed by atoms with Gasteiger partial charge in [0.25, 0.3) is 0 Å². The Labute approximate surface area is 201 Å². The maximum absolute atomic E-state index is 13.2. The fraction of sp³-hybridized carbons (Fsp3) is 0.577. The van der Waals surface area contributed by atoms with Gasteiger partial charge in [-0.05, 0) is 42.9 Å². The van der Waals surface area contributed by atoms with Gasteiger partial charge >= 0.3 is 6.03 Å². The number of amides is 3. The second-order valence-electron chi connectivity index (χ2n) is 10.1. The highest BCUT2D eigenvalue weighted by Gasteiger charge is 2.31. The van der Waals surface area contributed by atoms with Crippen LogP contribution < -0.4 is 10.2 Å². The quantitative estimate of drug-likeness (QED) is 0.682. The SMILES string of the molecule is CC(C)CCc1nc(C2CCOC2)n2c1CN(C(=O)Cc1ccc(N3CCNC3=O)cc1)CC2. The highest BCUT2D eigenvalue weighted by Crippen LogP contribution is 2.30. The molecule has 1 aromatic carbocycles. The average Bonchev–Trinajstić information content (AvgIpc) is 3.58. The molecule has 3 amide bonds. The van der Waals surface area contributed by atoms with Crippen molar-refractivity contribution < 1.29 is 14.3 Å². The number of ether oxygens (including phenoxy) is 1. The van der Waals surface area contributed by atoms with Crippen molar-refractivity contribution in [1.82, 2.24) is 19.8 Å². The number of urea groups is 1. The Hall–Kier alpha value is -2.87. The number of rotatable bonds is 7. The van der Waals surface area contributed by atoms with Crippen molar-refractivity contribution in [1.29, 1.82) is 0 Å². The van der Waals surface area contributed by atoms with E-state index in [1.54, 1.807) is 4.90 Å². The molecule has 0 aliphatic carbocycles. The van der Waals surface area contributed by atoms with Gasteiger partial charge in [0.2, 0.25) is 5.91 Å². The molecule has 0 radical (unpaired) electrons. The standard InChI is InChI=1S/C26H35N5O3/c1-18(2)3-8-22-23-16-29(12-13-31(23)25(28-22)20-9-14-34-17-20)24(32)15-19-4-6-21(7-5-19)30-11-10-27-26(30)33/h4-7,18,20H,3,8-17H2,1-2H3,(H,27,33). The maximum Gasteiger partial charge on any atom is 0.321 e. The largest absolute Gasteiger partial charge is 0.381 e. The molecule has 4 heterocycles. The first-order valence-corrected chi connectivity index (χ1v) is 12.6. The first kappa shape index (κ1) is 22.9. The third kappa shape index (κ3) is 4.69. The van der Waals surface area contributed by atoms with E-state index >= 15 is 0 Å². The number of nitrogens with one attached hydrogen (secondary N) is 1. The Morgan fingerprint density at radius 1 is 1.21 bits per heavy atom. The van der Waals surface area contributed by atoms with Gasteiger partial charge in [-0.3, -0.25) is 9.69 Å². The van der Waals surface area contributed by atoms with E-state index < -0.39 is 0 Å². The zero-order valence-electron chi connectivity index (χ0n) is 20.3. The fourth-order valence-corrected chi connectivity index (χ4v) is 5.15. The number of fused-ring (bicyclic) bond motifs is 1. The molecule has 8 nitrogen and oxygen atoms in total. The van der Waals surface area contributed by atoms with Crippen molar-refractivity contribution in [2.24, 2.45) is 5.92 Å². The maximum atomic E-state index is 13.2. The molecule has 1 unspecified atom stereocenters. The number of aromatic nitrogens is 2. The Kier molecular flexibility index (Phi) is 6.59. The van der Waals surface area contributed by atoms with E-state index in [0.29, 0.717) is 44.4 Å². The lowest BCUT2D eigenvalue weighted by Gasteiger charge is -2.30. The van der Waals surface area contributed by atoms with Crippen molar-refractivity contribution >= 4 is 17.6 Å². The summed E-state index contributed by atoms with van der Waals surface area (Å²) in [6.45, 7) is 9.50. The Bertz CT molecular complexity index is 1040. The number of carbonyl (C=O) groups excluding carboxylic acids is 2. The molecule has 182 valence electrons. The van der Waals surface area contributed by atoms with E-state index in [2.05, 4.69) is 23.7 Å². The Balaban J connectivity index is 1.28. The van der Waals surface area contributed by atoms with Gasteiger partial charge in [0.1, 0.15) is 5.82 Å². The van der Waals surface area contributed by atoms with Gasteiger partial charge in [-0.2, -0.15) is 0 Å². The van der Waals surface area contributed by atoms with Crippen LogP contribution in [0, 0.1) is 5.92 Å². The van der Waals surface area contributed by atoms with E-state index in [1.807, 2.05) is 29.2 Å². The summed E-state index contributed by atoms with van der Waals surface area (Å²) in [4.78, 5) is 33.9. The summed E-state index contributed by atoms with van der Waals surface area (Å²) in [6.07, 6.45) is 3.44. The summed E-state index contributed by atoms with van der Waals surface area (Å²) in [5.41, 5.74) is 4.20. The molecule has 2 saturated heterocycles. The van der Waals surface area contributed by atoms with Crippen LogP contribution in [0.3, 0.4) is 0 Å². The van der Waals surface area contributed by atoms with Crippen molar-refractivity contribution in [3.63, 3.8) is 0 Å². The lowest BCUT2D eigenvalue weighted by Crippen LogP contribution is -2.39. The Morgan fingerprint density at radius 2 is 2.03 bits per heavy atom. The van der Waals surface area contributed by atoms with Gasteiger partial charge in [-0.1, -0.05) is 26.0 Å². The Morgan fingerprint density at radius 3 is 2.71 bits per heavy atom. The summed E-state index contributed by atoms with van der Waals surface area (Å²) >= 11 is 0. The summed E-state index contributed by atoms with van der Waals surface area (Å²) in [5, 5.41) is 2.82. The molecular weight excluding hydrogens is 430 g/mol. The van der Waals surface area contributed by atoms with Gasteiger partial charge in [0.15, 0.2) is 0 Å². The molecule has 5 rings (SSSR count). The zero-order valence-corrected chi connectivity index (χ0v) is 20.3. The number of imidazole rings is 1. The van der Waals surface area contributed by atoms with Gasteiger partial charge < -0.3 is 19.5 Å². The molecule has 1 aromatic heterocycles. The van der Waals surface area contributed by atoms with Crippen LogP contribution in [0.5, 0.6) is 0 Å². The first-order valence-electron chi connectivity index (χ1n) is 12.6. The van der Waals surface area contributed by atoms with Crippen LogP contribution in [0.25, 0.3) is 0 Å². The minimum atomic E-state index is -0.0643. The summed E-state index contributed by atoms with van der Waals surface area (Å²) < 4.78 is 8.01. The third-order valence-electron chi connectivity index (χ3n) is 7.19. The normalized spacial score (nSPS) is 20.2. The number of hydrogen-bond donors (Lipinski definition) is 1. The van der Waals surface area contributed by atoms with Gasteiger partial charge in [-0.15, -0.1) is 0 Å². The van der Waals surface area contributed by atoms with Crippen LogP contribution in [0.2, 0.25) is 0 Å². The lowest BCUT2D eigenvalue weighted by molar-refractivity contribution is -0.131. The van der Waals surface area contributed by atoms with Crippen molar-refractivity contribution in [2.45, 2.75) is 58.5 Å². The summed E-state index contributed by atoms with van der Waals surface area (Å²) in [7, 11) is 0. The van der Waals surface area contributed by atoms with Gasteiger partial charge in [-0.25, -0.2) is 9.78 Å². The third-order valence-corrected chi connectivity index (χ3v) is 7.19. The number of benzene rings is 1. The van der Waals surface area contributed by atoms with E-state index in [1.165, 1.54) is 5.69 Å². The van der Waals surface area contributed by atoms with Crippen molar-refractivity contribution in [3.8, 4) is 0 Å². The number of anilines is 1. The van der Waals surface area contributed by atoms with Gasteiger partial charge in [0, 0.05) is 44.4 Å². The topological polar surface area (TPSA) is 79.7 Å². The smallest absolute Gasteiger partial charge is 0.321 e. The summed E-state index contributed by atoms with van der Waals surface area (Å²) in [5.74, 6) is 2.27. The zero-order chi connectivity index (χ0) is 23.7. The van der Waals surface area contributed by atoms with E-state index in [0.717, 1.165) is 61.8 Å². The first-order chi connectivity index (χ1) is 16.5. The average molecular weight is 466 g/mol. The van der Waals surface area contributed by atoms with E-state index in [4.69, 9.17) is 9.72 Å². The predicted molar refractivity (Wildman–Crippen MR) is 130 cm³/mol. The highest BCUT2D eigenvalue weighted by molar-refractivity contribution is 5.94. The fourth-order valence-electron chi connectivity index (χ4n) is 5.15. The molecule has 3 aliphatic heterocycles. The monoisotopic (exact) mass is 465 g/mol. The molecule has 3 aliphatic rings. The molecule has 0 spiro atoms.